The number of ether oxygens (including phenoxy) is 2. The number of methoxy groups -OCH3 is 2. The number of hydrogen-bond donors (Lipinski definition) is 2. The van der Waals surface area contributed by atoms with Crippen LogP contribution in [0.1, 0.15) is 12.5 Å². The third kappa shape index (κ3) is 8.00. The summed E-state index contributed by atoms with van der Waals surface area (Å²) in [5.41, 5.74) is 1.02. The molecule has 28 heavy (non-hydrogen) atoms. The molecule has 8 nitrogen and oxygen atoms in total. The Kier molecular flexibility index (Phi) is 10.9. The molecule has 0 aliphatic carbocycles. The lowest BCUT2D eigenvalue weighted by Crippen LogP contribution is -2.45. The van der Waals surface area contributed by atoms with Gasteiger partial charge in [0.1, 0.15) is 0 Å². The Morgan fingerprint density at radius 3 is 2.43 bits per heavy atom. The molecule has 1 aromatic rings. The van der Waals surface area contributed by atoms with Gasteiger partial charge in [0.25, 0.3) is 0 Å². The highest BCUT2D eigenvalue weighted by molar-refractivity contribution is 14.0. The Morgan fingerprint density at radius 1 is 1.14 bits per heavy atom. The van der Waals surface area contributed by atoms with E-state index in [1.165, 1.54) is 0 Å². The van der Waals surface area contributed by atoms with Gasteiger partial charge in [0, 0.05) is 32.7 Å². The summed E-state index contributed by atoms with van der Waals surface area (Å²) in [4.78, 5) is 6.76. The molecule has 1 aliphatic heterocycles. The number of aliphatic imine (C=N–C) groups is 1. The summed E-state index contributed by atoms with van der Waals surface area (Å²) in [7, 11) is 0.392. The molecule has 0 unspecified atom stereocenters. The van der Waals surface area contributed by atoms with Crippen molar-refractivity contribution in [1.82, 2.24) is 15.5 Å². The first-order valence-electron chi connectivity index (χ1n) is 9.13. The van der Waals surface area contributed by atoms with Crippen LogP contribution in [0.25, 0.3) is 0 Å². The molecule has 1 fully saturated rings. The van der Waals surface area contributed by atoms with E-state index in [1.807, 2.05) is 25.1 Å². The molecule has 2 rings (SSSR count). The molecule has 1 heterocycles. The molecule has 0 saturated carbocycles. The second kappa shape index (κ2) is 12.3. The molecule has 0 atom stereocenters. The molecule has 0 bridgehead atoms. The van der Waals surface area contributed by atoms with E-state index in [0.717, 1.165) is 24.6 Å². The molecular weight excluding hydrogens is 495 g/mol. The highest BCUT2D eigenvalue weighted by atomic mass is 127. The Labute approximate surface area is 185 Å². The number of rotatable bonds is 8. The SMILES string of the molecule is CCNC(=NCc1ccc(OC)c(OC)c1)NCCN1CCS(=O)(=O)CC1.I. The third-order valence-corrected chi connectivity index (χ3v) is 5.98. The van der Waals surface area contributed by atoms with Crippen molar-refractivity contribution < 1.29 is 17.9 Å². The number of nitrogens with one attached hydrogen (secondary N) is 2. The van der Waals surface area contributed by atoms with Crippen LogP contribution in [0.15, 0.2) is 23.2 Å². The predicted octanol–water partition coefficient (Wildman–Crippen LogP) is 1.11. The summed E-state index contributed by atoms with van der Waals surface area (Å²) < 4.78 is 33.5. The lowest BCUT2D eigenvalue weighted by molar-refractivity contribution is 0.299. The Balaban J connectivity index is 0.00000392. The second-order valence-corrected chi connectivity index (χ2v) is 8.61. The number of hydrogen-bond acceptors (Lipinski definition) is 6. The third-order valence-electron chi connectivity index (χ3n) is 4.37. The molecule has 1 aromatic carbocycles. The first-order chi connectivity index (χ1) is 13.0. The van der Waals surface area contributed by atoms with Crippen LogP contribution in [0, 0.1) is 0 Å². The van der Waals surface area contributed by atoms with Crippen LogP contribution in [0.2, 0.25) is 0 Å². The zero-order valence-corrected chi connectivity index (χ0v) is 19.9. The molecule has 0 aromatic heterocycles. The minimum absolute atomic E-state index is 0. The summed E-state index contributed by atoms with van der Waals surface area (Å²) in [6.07, 6.45) is 0. The van der Waals surface area contributed by atoms with Gasteiger partial charge in [0.05, 0.1) is 32.3 Å². The standard InChI is InChI=1S/C18H30N4O4S.HI/c1-4-19-18(20-7-8-22-9-11-27(23,24)12-10-22)21-14-15-5-6-16(25-2)17(13-15)26-3;/h5-6,13H,4,7-12,14H2,1-3H3,(H2,19,20,21);1H. The maximum atomic E-state index is 11.5. The van der Waals surface area contributed by atoms with E-state index in [2.05, 4.69) is 20.5 Å². The van der Waals surface area contributed by atoms with Gasteiger partial charge in [-0.3, -0.25) is 4.90 Å². The number of halogens is 1. The molecule has 1 aliphatic rings. The fourth-order valence-electron chi connectivity index (χ4n) is 2.80. The molecule has 160 valence electrons. The molecular formula is C18H31IN4O4S. The zero-order valence-electron chi connectivity index (χ0n) is 16.7. The minimum Gasteiger partial charge on any atom is -0.493 e. The number of nitrogens with zero attached hydrogens (tertiary/aromatic N) is 2. The van der Waals surface area contributed by atoms with E-state index in [4.69, 9.17) is 9.47 Å². The quantitative estimate of drug-likeness (QED) is 0.298. The smallest absolute Gasteiger partial charge is 0.191 e. The van der Waals surface area contributed by atoms with Gasteiger partial charge < -0.3 is 20.1 Å². The van der Waals surface area contributed by atoms with E-state index in [9.17, 15) is 8.42 Å². The Morgan fingerprint density at radius 2 is 1.82 bits per heavy atom. The number of guanidine groups is 1. The Hall–Kier alpha value is -1.27. The molecule has 2 N–H and O–H groups in total. The highest BCUT2D eigenvalue weighted by Crippen LogP contribution is 2.27. The molecule has 0 amide bonds. The highest BCUT2D eigenvalue weighted by Gasteiger charge is 2.20. The maximum Gasteiger partial charge on any atom is 0.191 e. The molecule has 0 spiro atoms. The topological polar surface area (TPSA) is 92.3 Å². The zero-order chi connectivity index (χ0) is 19.7. The van der Waals surface area contributed by atoms with E-state index in [1.54, 1.807) is 14.2 Å². The van der Waals surface area contributed by atoms with Crippen molar-refractivity contribution in [2.24, 2.45) is 4.99 Å². The lowest BCUT2D eigenvalue weighted by atomic mass is 10.2. The summed E-state index contributed by atoms with van der Waals surface area (Å²) in [5, 5.41) is 6.53. The second-order valence-electron chi connectivity index (χ2n) is 6.30. The average Bonchev–Trinajstić information content (AvgIpc) is 2.67. The van der Waals surface area contributed by atoms with Gasteiger partial charge >= 0.3 is 0 Å². The molecule has 0 radical (unpaired) electrons. The number of sulfone groups is 1. The van der Waals surface area contributed by atoms with E-state index < -0.39 is 9.84 Å². The van der Waals surface area contributed by atoms with Crippen molar-refractivity contribution in [3.8, 4) is 11.5 Å². The van der Waals surface area contributed by atoms with Gasteiger partial charge in [-0.1, -0.05) is 6.07 Å². The van der Waals surface area contributed by atoms with Crippen molar-refractivity contribution in [3.63, 3.8) is 0 Å². The summed E-state index contributed by atoms with van der Waals surface area (Å²) in [5.74, 6) is 2.61. The first kappa shape index (κ1) is 24.8. The first-order valence-corrected chi connectivity index (χ1v) is 11.0. The van der Waals surface area contributed by atoms with Gasteiger partial charge in [0.15, 0.2) is 27.3 Å². The van der Waals surface area contributed by atoms with Crippen molar-refractivity contribution >= 4 is 39.8 Å². The van der Waals surface area contributed by atoms with Crippen LogP contribution in [0.3, 0.4) is 0 Å². The van der Waals surface area contributed by atoms with Crippen molar-refractivity contribution in [3.05, 3.63) is 23.8 Å². The van der Waals surface area contributed by atoms with Gasteiger partial charge in [-0.2, -0.15) is 0 Å². The summed E-state index contributed by atoms with van der Waals surface area (Å²) in [6, 6.07) is 5.75. The van der Waals surface area contributed by atoms with Gasteiger partial charge in [-0.25, -0.2) is 13.4 Å². The molecule has 10 heteroatoms. The van der Waals surface area contributed by atoms with E-state index >= 15 is 0 Å². The number of benzene rings is 1. The van der Waals surface area contributed by atoms with E-state index in [0.29, 0.717) is 37.7 Å². The fraction of sp³-hybridized carbons (Fsp3) is 0.611. The summed E-state index contributed by atoms with van der Waals surface area (Å²) in [6.45, 7) is 5.99. The van der Waals surface area contributed by atoms with Crippen LogP contribution >= 0.6 is 24.0 Å². The predicted molar refractivity (Wildman–Crippen MR) is 123 cm³/mol. The van der Waals surface area contributed by atoms with Crippen LogP contribution < -0.4 is 20.1 Å². The van der Waals surface area contributed by atoms with Crippen molar-refractivity contribution in [1.29, 1.82) is 0 Å². The van der Waals surface area contributed by atoms with Crippen LogP contribution in [0.5, 0.6) is 11.5 Å². The Bertz CT molecular complexity index is 729. The summed E-state index contributed by atoms with van der Waals surface area (Å²) >= 11 is 0. The van der Waals surface area contributed by atoms with Crippen LogP contribution in [0.4, 0.5) is 0 Å². The monoisotopic (exact) mass is 526 g/mol. The largest absolute Gasteiger partial charge is 0.493 e. The minimum atomic E-state index is -2.83. The van der Waals surface area contributed by atoms with Gasteiger partial charge in [0.2, 0.25) is 0 Å². The van der Waals surface area contributed by atoms with Gasteiger partial charge in [-0.05, 0) is 24.6 Å². The average molecular weight is 526 g/mol. The van der Waals surface area contributed by atoms with Crippen molar-refractivity contribution in [2.75, 3.05) is 58.4 Å². The van der Waals surface area contributed by atoms with E-state index in [-0.39, 0.29) is 35.5 Å². The normalized spacial score (nSPS) is 16.8. The van der Waals surface area contributed by atoms with Gasteiger partial charge in [-0.15, -0.1) is 24.0 Å². The lowest BCUT2D eigenvalue weighted by Gasteiger charge is -2.26. The van der Waals surface area contributed by atoms with Crippen LogP contribution in [-0.2, 0) is 16.4 Å². The van der Waals surface area contributed by atoms with Crippen LogP contribution in [-0.4, -0.2) is 77.7 Å². The fourth-order valence-corrected chi connectivity index (χ4v) is 4.07. The van der Waals surface area contributed by atoms with Crippen molar-refractivity contribution in [2.45, 2.75) is 13.5 Å². The molecule has 1 saturated heterocycles. The maximum absolute atomic E-state index is 11.5.